The van der Waals surface area contributed by atoms with Gasteiger partial charge in [-0.05, 0) is 24.3 Å². The number of benzene rings is 1. The zero-order chi connectivity index (χ0) is 15.6. The van der Waals surface area contributed by atoms with Gasteiger partial charge < -0.3 is 5.32 Å². The monoisotopic (exact) mass is 341 g/mol. The number of nitrogens with one attached hydrogen (secondary N) is 1. The van der Waals surface area contributed by atoms with Crippen LogP contribution in [0, 0.1) is 0 Å². The van der Waals surface area contributed by atoms with Crippen LogP contribution in [0.25, 0.3) is 16.6 Å². The summed E-state index contributed by atoms with van der Waals surface area (Å²) >= 11 is 2.53. The molecule has 3 heterocycles. The second kappa shape index (κ2) is 5.98. The summed E-state index contributed by atoms with van der Waals surface area (Å²) in [6.07, 6.45) is 3.73. The lowest BCUT2D eigenvalue weighted by Crippen LogP contribution is -2.14. The van der Waals surface area contributed by atoms with Gasteiger partial charge in [-0.1, -0.05) is 23.9 Å². The van der Waals surface area contributed by atoms with Crippen LogP contribution in [0.5, 0.6) is 0 Å². The third-order valence-electron chi connectivity index (χ3n) is 3.30. The Hall–Kier alpha value is -2.45. The molecule has 0 aliphatic rings. The second-order valence-electron chi connectivity index (χ2n) is 4.81. The van der Waals surface area contributed by atoms with Gasteiger partial charge >= 0.3 is 0 Å². The molecular formula is C15H11N5OS2. The lowest BCUT2D eigenvalue weighted by atomic mass is 10.2. The molecule has 4 aromatic rings. The molecule has 114 valence electrons. The highest BCUT2D eigenvalue weighted by Gasteiger charge is 2.11. The van der Waals surface area contributed by atoms with E-state index < -0.39 is 0 Å². The summed E-state index contributed by atoms with van der Waals surface area (Å²) in [5.74, 6) is 0.185. The molecule has 0 saturated carbocycles. The number of anilines is 1. The molecule has 0 atom stereocenters. The Kier molecular flexibility index (Phi) is 3.68. The minimum absolute atomic E-state index is 0.0943. The zero-order valence-corrected chi connectivity index (χ0v) is 13.5. The van der Waals surface area contributed by atoms with E-state index in [1.54, 1.807) is 6.20 Å². The van der Waals surface area contributed by atoms with E-state index in [2.05, 4.69) is 19.0 Å². The fourth-order valence-corrected chi connectivity index (χ4v) is 3.56. The van der Waals surface area contributed by atoms with Crippen LogP contribution < -0.4 is 5.32 Å². The molecule has 8 heteroatoms. The number of aromatic nitrogens is 4. The summed E-state index contributed by atoms with van der Waals surface area (Å²) in [5.41, 5.74) is 3.21. The zero-order valence-electron chi connectivity index (χ0n) is 11.8. The number of carbonyl (C=O) groups is 1. The number of imidazole rings is 1. The van der Waals surface area contributed by atoms with Crippen LogP contribution in [-0.2, 0) is 4.79 Å². The molecule has 1 amide bonds. The smallest absolute Gasteiger partial charge is 0.234 e. The van der Waals surface area contributed by atoms with Crippen LogP contribution in [-0.4, -0.2) is 29.8 Å². The number of rotatable bonds is 4. The molecule has 1 N–H and O–H groups in total. The Labute approximate surface area is 139 Å². The third kappa shape index (κ3) is 2.78. The molecule has 1 aromatic carbocycles. The van der Waals surface area contributed by atoms with Gasteiger partial charge in [-0.15, -0.1) is 0 Å². The number of carbonyl (C=O) groups excluding carboxylic acids is 1. The number of hydrogen-bond acceptors (Lipinski definition) is 6. The van der Waals surface area contributed by atoms with Crippen molar-refractivity contribution in [3.8, 4) is 0 Å². The Bertz CT molecular complexity index is 994. The Morgan fingerprint density at radius 3 is 3.13 bits per heavy atom. The van der Waals surface area contributed by atoms with E-state index in [4.69, 9.17) is 0 Å². The van der Waals surface area contributed by atoms with Crippen molar-refractivity contribution in [2.24, 2.45) is 0 Å². The van der Waals surface area contributed by atoms with Crippen LogP contribution in [0.15, 0.2) is 53.9 Å². The van der Waals surface area contributed by atoms with Crippen molar-refractivity contribution in [2.45, 2.75) is 5.16 Å². The first-order chi connectivity index (χ1) is 11.3. The normalized spacial score (nSPS) is 11.1. The summed E-state index contributed by atoms with van der Waals surface area (Å²) < 4.78 is 10.3. The number of amides is 1. The number of fused-ring (bicyclic) bond motifs is 2. The first-order valence-corrected chi connectivity index (χ1v) is 8.59. The maximum absolute atomic E-state index is 12.2. The van der Waals surface area contributed by atoms with E-state index in [9.17, 15) is 4.79 Å². The lowest BCUT2D eigenvalue weighted by Gasteiger charge is -2.05. The highest BCUT2D eigenvalue weighted by atomic mass is 32.2. The van der Waals surface area contributed by atoms with Gasteiger partial charge in [0.2, 0.25) is 5.91 Å². The van der Waals surface area contributed by atoms with Crippen molar-refractivity contribution in [3.05, 3.63) is 48.8 Å². The van der Waals surface area contributed by atoms with Gasteiger partial charge in [0.05, 0.1) is 34.9 Å². The van der Waals surface area contributed by atoms with Gasteiger partial charge in [0.25, 0.3) is 0 Å². The molecular weight excluding hydrogens is 330 g/mol. The molecule has 0 aliphatic heterocycles. The van der Waals surface area contributed by atoms with Gasteiger partial charge in [-0.3, -0.25) is 9.20 Å². The van der Waals surface area contributed by atoms with Crippen molar-refractivity contribution < 1.29 is 4.79 Å². The van der Waals surface area contributed by atoms with Crippen LogP contribution in [0.1, 0.15) is 0 Å². The maximum Gasteiger partial charge on any atom is 0.234 e. The number of thioether (sulfide) groups is 1. The summed E-state index contributed by atoms with van der Waals surface area (Å²) in [6, 6.07) is 11.4. The molecule has 0 aliphatic carbocycles. The predicted molar refractivity (Wildman–Crippen MR) is 92.0 cm³/mol. The van der Waals surface area contributed by atoms with Crippen molar-refractivity contribution >= 4 is 51.6 Å². The molecule has 0 spiro atoms. The van der Waals surface area contributed by atoms with Crippen LogP contribution in [0.4, 0.5) is 5.69 Å². The topological polar surface area (TPSA) is 72.2 Å². The SMILES string of the molecule is O=C(CSc1ncc2ccccn12)Nc1cccc2nsnc12. The Morgan fingerprint density at radius 2 is 2.17 bits per heavy atom. The predicted octanol–water partition coefficient (Wildman–Crippen LogP) is 3.07. The fraction of sp³-hybridized carbons (Fsp3) is 0.0667. The third-order valence-corrected chi connectivity index (χ3v) is 4.81. The molecule has 23 heavy (non-hydrogen) atoms. The van der Waals surface area contributed by atoms with E-state index in [1.165, 1.54) is 11.8 Å². The van der Waals surface area contributed by atoms with E-state index in [-0.39, 0.29) is 11.7 Å². The first-order valence-electron chi connectivity index (χ1n) is 6.87. The number of hydrogen-bond donors (Lipinski definition) is 1. The van der Waals surface area contributed by atoms with Gasteiger partial charge in [-0.25, -0.2) is 4.98 Å². The molecule has 3 aromatic heterocycles. The quantitative estimate of drug-likeness (QED) is 0.578. The van der Waals surface area contributed by atoms with Crippen molar-refractivity contribution in [1.82, 2.24) is 18.1 Å². The Morgan fingerprint density at radius 1 is 1.22 bits per heavy atom. The molecule has 0 saturated heterocycles. The van der Waals surface area contributed by atoms with E-state index >= 15 is 0 Å². The van der Waals surface area contributed by atoms with Gasteiger partial charge in [0, 0.05) is 6.20 Å². The Balaban J connectivity index is 1.47. The van der Waals surface area contributed by atoms with E-state index in [0.29, 0.717) is 5.69 Å². The standard InChI is InChI=1S/C15H11N5OS2/c21-13(17-11-5-3-6-12-14(11)19-23-18-12)9-22-15-16-8-10-4-1-2-7-20(10)15/h1-8H,9H2,(H,17,21). The van der Waals surface area contributed by atoms with Crippen molar-refractivity contribution in [2.75, 3.05) is 11.1 Å². The maximum atomic E-state index is 12.2. The molecule has 0 radical (unpaired) electrons. The highest BCUT2D eigenvalue weighted by molar-refractivity contribution is 7.99. The number of pyridine rings is 1. The van der Waals surface area contributed by atoms with Crippen molar-refractivity contribution in [1.29, 1.82) is 0 Å². The van der Waals surface area contributed by atoms with Gasteiger partial charge in [-0.2, -0.15) is 8.75 Å². The van der Waals surface area contributed by atoms with Gasteiger partial charge in [0.1, 0.15) is 11.0 Å². The van der Waals surface area contributed by atoms with Crippen molar-refractivity contribution in [3.63, 3.8) is 0 Å². The van der Waals surface area contributed by atoms with E-state index in [1.807, 2.05) is 47.0 Å². The average Bonchev–Trinajstić information content (AvgIpc) is 3.20. The van der Waals surface area contributed by atoms with Gasteiger partial charge in [0.15, 0.2) is 5.16 Å². The molecule has 6 nitrogen and oxygen atoms in total. The molecule has 4 rings (SSSR count). The van der Waals surface area contributed by atoms with Crippen LogP contribution >= 0.6 is 23.5 Å². The van der Waals surface area contributed by atoms with Crippen LogP contribution in [0.3, 0.4) is 0 Å². The summed E-state index contributed by atoms with van der Waals surface area (Å²) in [5, 5.41) is 3.68. The first kappa shape index (κ1) is 14.2. The molecule has 0 bridgehead atoms. The average molecular weight is 341 g/mol. The lowest BCUT2D eigenvalue weighted by molar-refractivity contribution is -0.113. The summed E-state index contributed by atoms with van der Waals surface area (Å²) in [7, 11) is 0. The minimum Gasteiger partial charge on any atom is -0.323 e. The number of nitrogens with zero attached hydrogens (tertiary/aromatic N) is 4. The fourth-order valence-electron chi connectivity index (χ4n) is 2.25. The largest absolute Gasteiger partial charge is 0.323 e. The molecule has 0 unspecified atom stereocenters. The second-order valence-corrected chi connectivity index (χ2v) is 6.28. The summed E-state index contributed by atoms with van der Waals surface area (Å²) in [6.45, 7) is 0. The van der Waals surface area contributed by atoms with Crippen LogP contribution in [0.2, 0.25) is 0 Å². The van der Waals surface area contributed by atoms with E-state index in [0.717, 1.165) is 33.4 Å². The molecule has 0 fully saturated rings. The highest BCUT2D eigenvalue weighted by Crippen LogP contribution is 2.22. The minimum atomic E-state index is -0.0943. The summed E-state index contributed by atoms with van der Waals surface area (Å²) in [4.78, 5) is 16.5.